The van der Waals surface area contributed by atoms with E-state index < -0.39 is 0 Å². The predicted octanol–water partition coefficient (Wildman–Crippen LogP) is 3.37. The molecule has 6 heteroatoms. The first-order valence-corrected chi connectivity index (χ1v) is 11.8. The van der Waals surface area contributed by atoms with Crippen LogP contribution in [0.25, 0.3) is 10.8 Å². The maximum atomic E-state index is 12.3. The third-order valence-corrected chi connectivity index (χ3v) is 6.42. The zero-order valence-corrected chi connectivity index (χ0v) is 18.3. The van der Waals surface area contributed by atoms with Gasteiger partial charge in [0.05, 0.1) is 13.0 Å². The Morgan fingerprint density at radius 2 is 1.58 bits per heavy atom. The van der Waals surface area contributed by atoms with E-state index in [-0.39, 0.29) is 24.8 Å². The molecule has 0 radical (unpaired) electrons. The van der Waals surface area contributed by atoms with Crippen LogP contribution in [0.2, 0.25) is 0 Å². The van der Waals surface area contributed by atoms with Gasteiger partial charge in [-0.25, -0.2) is 0 Å². The number of nitrogens with zero attached hydrogens (tertiary/aromatic N) is 1. The first kappa shape index (κ1) is 21.2. The van der Waals surface area contributed by atoms with Crippen molar-refractivity contribution >= 4 is 40.0 Å². The summed E-state index contributed by atoms with van der Waals surface area (Å²) in [6.07, 6.45) is 0.255. The highest BCUT2D eigenvalue weighted by molar-refractivity contribution is 7.99. The highest BCUT2D eigenvalue weighted by Gasteiger charge is 2.11. The van der Waals surface area contributed by atoms with Gasteiger partial charge < -0.3 is 15.5 Å². The molecule has 0 unspecified atom stereocenters. The molecule has 2 N–H and O–H groups in total. The number of rotatable bonds is 7. The van der Waals surface area contributed by atoms with Crippen LogP contribution in [0, 0.1) is 0 Å². The largest absolute Gasteiger partial charge is 0.370 e. The number of thioether (sulfide) groups is 1. The molecular weight excluding hydrogens is 406 g/mol. The molecule has 2 amide bonds. The molecule has 5 nitrogen and oxygen atoms in total. The molecule has 1 aliphatic rings. The standard InChI is InChI=1S/C25H27N3O2S/c29-24(16-21-6-3-5-20-4-1-2-7-23(20)21)27-18-25(30)26-17-19-8-10-22(11-9-19)28-12-14-31-15-13-28/h1-11H,12-18H2,(H,26,30)(H,27,29). The minimum absolute atomic E-state index is 0.0207. The molecule has 0 bridgehead atoms. The van der Waals surface area contributed by atoms with Gasteiger partial charge in [0, 0.05) is 36.8 Å². The first-order valence-electron chi connectivity index (χ1n) is 10.6. The molecule has 0 aliphatic carbocycles. The van der Waals surface area contributed by atoms with Gasteiger partial charge in [0.25, 0.3) is 0 Å². The number of fused-ring (bicyclic) bond motifs is 1. The fraction of sp³-hybridized carbons (Fsp3) is 0.280. The number of hydrogen-bond acceptors (Lipinski definition) is 4. The summed E-state index contributed by atoms with van der Waals surface area (Å²) in [5.74, 6) is 1.99. The molecule has 0 spiro atoms. The Morgan fingerprint density at radius 1 is 0.839 bits per heavy atom. The lowest BCUT2D eigenvalue weighted by molar-refractivity contribution is -0.125. The second-order valence-electron chi connectivity index (χ2n) is 7.63. The maximum Gasteiger partial charge on any atom is 0.239 e. The van der Waals surface area contributed by atoms with Gasteiger partial charge in [-0.2, -0.15) is 11.8 Å². The van der Waals surface area contributed by atoms with Crippen LogP contribution in [0.5, 0.6) is 0 Å². The summed E-state index contributed by atoms with van der Waals surface area (Å²) in [7, 11) is 0. The molecule has 160 valence electrons. The molecule has 1 aliphatic heterocycles. The van der Waals surface area contributed by atoms with Crippen LogP contribution in [-0.4, -0.2) is 43.0 Å². The molecule has 1 fully saturated rings. The highest BCUT2D eigenvalue weighted by Crippen LogP contribution is 2.20. The average molecular weight is 434 g/mol. The van der Waals surface area contributed by atoms with Gasteiger partial charge in [0.15, 0.2) is 0 Å². The monoisotopic (exact) mass is 433 g/mol. The second-order valence-corrected chi connectivity index (χ2v) is 8.86. The Kier molecular flexibility index (Phi) is 7.10. The molecular formula is C25H27N3O2S. The lowest BCUT2D eigenvalue weighted by atomic mass is 10.0. The number of nitrogens with one attached hydrogen (secondary N) is 2. The minimum atomic E-state index is -0.191. The van der Waals surface area contributed by atoms with Crippen molar-refractivity contribution < 1.29 is 9.59 Å². The second kappa shape index (κ2) is 10.4. The minimum Gasteiger partial charge on any atom is -0.370 e. The van der Waals surface area contributed by atoms with Gasteiger partial charge in [-0.3, -0.25) is 9.59 Å². The number of carbonyl (C=O) groups excluding carboxylic acids is 2. The van der Waals surface area contributed by atoms with E-state index in [1.807, 2.05) is 54.2 Å². The summed E-state index contributed by atoms with van der Waals surface area (Å²) in [6, 6.07) is 22.3. The third-order valence-electron chi connectivity index (χ3n) is 5.48. The van der Waals surface area contributed by atoms with Crippen molar-refractivity contribution in [2.24, 2.45) is 0 Å². The number of benzene rings is 3. The van der Waals surface area contributed by atoms with Crippen molar-refractivity contribution in [1.82, 2.24) is 10.6 Å². The van der Waals surface area contributed by atoms with Gasteiger partial charge in [0.2, 0.25) is 11.8 Å². The van der Waals surface area contributed by atoms with E-state index in [2.05, 4.69) is 39.8 Å². The highest BCUT2D eigenvalue weighted by atomic mass is 32.2. The number of hydrogen-bond donors (Lipinski definition) is 2. The van der Waals surface area contributed by atoms with Crippen molar-refractivity contribution in [2.75, 3.05) is 36.0 Å². The predicted molar refractivity (Wildman–Crippen MR) is 128 cm³/mol. The number of anilines is 1. The summed E-state index contributed by atoms with van der Waals surface area (Å²) in [6.45, 7) is 2.60. The molecule has 1 saturated heterocycles. The van der Waals surface area contributed by atoms with E-state index in [1.54, 1.807) is 0 Å². The summed E-state index contributed by atoms with van der Waals surface area (Å²) in [5.41, 5.74) is 3.24. The van der Waals surface area contributed by atoms with Crippen molar-refractivity contribution in [3.8, 4) is 0 Å². The van der Waals surface area contributed by atoms with E-state index >= 15 is 0 Å². The van der Waals surface area contributed by atoms with Crippen LogP contribution in [-0.2, 0) is 22.6 Å². The van der Waals surface area contributed by atoms with Crippen molar-refractivity contribution in [1.29, 1.82) is 0 Å². The summed E-state index contributed by atoms with van der Waals surface area (Å²) >= 11 is 2.00. The van der Waals surface area contributed by atoms with Crippen LogP contribution in [0.15, 0.2) is 66.7 Å². The zero-order chi connectivity index (χ0) is 21.5. The zero-order valence-electron chi connectivity index (χ0n) is 17.5. The Morgan fingerprint density at radius 3 is 2.39 bits per heavy atom. The normalized spacial score (nSPS) is 13.7. The number of carbonyl (C=O) groups is 2. The Balaban J connectivity index is 1.22. The molecule has 0 aromatic heterocycles. The van der Waals surface area contributed by atoms with Crippen molar-refractivity contribution in [3.63, 3.8) is 0 Å². The van der Waals surface area contributed by atoms with Gasteiger partial charge in [-0.05, 0) is 34.0 Å². The van der Waals surface area contributed by atoms with E-state index in [4.69, 9.17) is 0 Å². The quantitative estimate of drug-likeness (QED) is 0.600. The van der Waals surface area contributed by atoms with E-state index in [0.29, 0.717) is 6.54 Å². The average Bonchev–Trinajstić information content (AvgIpc) is 2.82. The van der Waals surface area contributed by atoms with E-state index in [9.17, 15) is 9.59 Å². The summed E-state index contributed by atoms with van der Waals surface area (Å²) in [4.78, 5) is 26.9. The Labute approximate surface area is 187 Å². The Hall–Kier alpha value is -2.99. The lowest BCUT2D eigenvalue weighted by Gasteiger charge is -2.28. The summed E-state index contributed by atoms with van der Waals surface area (Å²) in [5, 5.41) is 7.77. The molecule has 1 heterocycles. The van der Waals surface area contributed by atoms with Gasteiger partial charge in [0.1, 0.15) is 0 Å². The first-order chi connectivity index (χ1) is 15.2. The molecule has 3 aromatic carbocycles. The fourth-order valence-corrected chi connectivity index (χ4v) is 4.67. The Bertz CT molecular complexity index is 1040. The molecule has 0 atom stereocenters. The van der Waals surface area contributed by atoms with Crippen LogP contribution in [0.4, 0.5) is 5.69 Å². The van der Waals surface area contributed by atoms with Crippen molar-refractivity contribution in [3.05, 3.63) is 77.9 Å². The SMILES string of the molecule is O=C(CNC(=O)Cc1cccc2ccccc12)NCc1ccc(N2CCSCC2)cc1. The van der Waals surface area contributed by atoms with Gasteiger partial charge >= 0.3 is 0 Å². The molecule has 3 aromatic rings. The van der Waals surface area contributed by atoms with Gasteiger partial charge in [-0.15, -0.1) is 0 Å². The topological polar surface area (TPSA) is 61.4 Å². The summed E-state index contributed by atoms with van der Waals surface area (Å²) < 4.78 is 0. The van der Waals surface area contributed by atoms with Crippen LogP contribution >= 0.6 is 11.8 Å². The maximum absolute atomic E-state index is 12.3. The van der Waals surface area contributed by atoms with E-state index in [0.717, 1.165) is 35.0 Å². The van der Waals surface area contributed by atoms with Gasteiger partial charge in [-0.1, -0.05) is 54.6 Å². The fourth-order valence-electron chi connectivity index (χ4n) is 3.77. The van der Waals surface area contributed by atoms with Crippen LogP contribution in [0.3, 0.4) is 0 Å². The third kappa shape index (κ3) is 5.79. The smallest absolute Gasteiger partial charge is 0.239 e. The molecule has 4 rings (SSSR count). The molecule has 0 saturated carbocycles. The van der Waals surface area contributed by atoms with Crippen molar-refractivity contribution in [2.45, 2.75) is 13.0 Å². The van der Waals surface area contributed by atoms with Crippen LogP contribution < -0.4 is 15.5 Å². The lowest BCUT2D eigenvalue weighted by Crippen LogP contribution is -2.37. The molecule has 31 heavy (non-hydrogen) atoms. The number of amides is 2. The van der Waals surface area contributed by atoms with Crippen LogP contribution in [0.1, 0.15) is 11.1 Å². The van der Waals surface area contributed by atoms with E-state index in [1.165, 1.54) is 17.2 Å².